The van der Waals surface area contributed by atoms with Crippen LogP contribution < -0.4 is 5.73 Å². The van der Waals surface area contributed by atoms with Crippen LogP contribution in [0.15, 0.2) is 22.6 Å². The van der Waals surface area contributed by atoms with Crippen LogP contribution in [0.5, 0.6) is 0 Å². The number of hydrogen-bond donors (Lipinski definition) is 1. The Hall–Kier alpha value is -1.06. The van der Waals surface area contributed by atoms with Crippen molar-refractivity contribution < 1.29 is 4.42 Å². The number of hydrogen-bond acceptors (Lipinski definition) is 3. The van der Waals surface area contributed by atoms with Crippen LogP contribution in [0.2, 0.25) is 0 Å². The summed E-state index contributed by atoms with van der Waals surface area (Å²) in [6.07, 6.45) is 0.912. The average molecular weight is 235 g/mol. The van der Waals surface area contributed by atoms with Crippen molar-refractivity contribution in [1.82, 2.24) is 0 Å². The first-order valence-electron chi connectivity index (χ1n) is 5.53. The van der Waals surface area contributed by atoms with Gasteiger partial charge in [-0.2, -0.15) is 0 Å². The fourth-order valence-corrected chi connectivity index (χ4v) is 2.89. The van der Waals surface area contributed by atoms with Crippen molar-refractivity contribution in [3.63, 3.8) is 0 Å². The van der Waals surface area contributed by atoms with E-state index in [0.717, 1.165) is 17.9 Å². The third-order valence-corrected chi connectivity index (χ3v) is 3.93. The quantitative estimate of drug-likeness (QED) is 0.883. The Morgan fingerprint density at radius 1 is 1.38 bits per heavy atom. The highest BCUT2D eigenvalue weighted by Gasteiger charge is 2.17. The molecule has 0 saturated heterocycles. The van der Waals surface area contributed by atoms with Crippen molar-refractivity contribution in [1.29, 1.82) is 0 Å². The molecule has 0 fully saturated rings. The van der Waals surface area contributed by atoms with Crippen molar-refractivity contribution in [2.45, 2.75) is 33.2 Å². The number of furan rings is 1. The molecule has 0 radical (unpaired) electrons. The van der Waals surface area contributed by atoms with Crippen LogP contribution in [0, 0.1) is 13.8 Å². The maximum Gasteiger partial charge on any atom is 0.126 e. The molecule has 0 aliphatic rings. The van der Waals surface area contributed by atoms with E-state index in [-0.39, 0.29) is 6.04 Å². The van der Waals surface area contributed by atoms with Crippen LogP contribution in [0.1, 0.15) is 39.8 Å². The highest BCUT2D eigenvalue weighted by Crippen LogP contribution is 2.30. The highest BCUT2D eigenvalue weighted by molar-refractivity contribution is 7.12. The van der Waals surface area contributed by atoms with Crippen LogP contribution in [0.25, 0.3) is 0 Å². The molecule has 0 aliphatic heterocycles. The lowest BCUT2D eigenvalue weighted by Crippen LogP contribution is -2.10. The van der Waals surface area contributed by atoms with Crippen molar-refractivity contribution in [3.8, 4) is 0 Å². The second-order valence-electron chi connectivity index (χ2n) is 4.04. The molecule has 2 heterocycles. The molecular weight excluding hydrogens is 218 g/mol. The Morgan fingerprint density at radius 3 is 2.62 bits per heavy atom. The van der Waals surface area contributed by atoms with Gasteiger partial charge in [0.15, 0.2) is 0 Å². The molecule has 2 N–H and O–H groups in total. The highest BCUT2D eigenvalue weighted by atomic mass is 32.1. The predicted molar refractivity (Wildman–Crippen MR) is 67.9 cm³/mol. The van der Waals surface area contributed by atoms with Crippen molar-refractivity contribution in [2.75, 3.05) is 0 Å². The normalized spacial score (nSPS) is 13.0. The van der Waals surface area contributed by atoms with Crippen LogP contribution in [-0.2, 0) is 6.42 Å². The van der Waals surface area contributed by atoms with E-state index in [1.807, 2.05) is 12.1 Å². The summed E-state index contributed by atoms with van der Waals surface area (Å²) in [6, 6.07) is 6.03. The van der Waals surface area contributed by atoms with Crippen LogP contribution >= 0.6 is 11.3 Å². The van der Waals surface area contributed by atoms with E-state index in [1.54, 1.807) is 11.3 Å². The summed E-state index contributed by atoms with van der Waals surface area (Å²) in [5.74, 6) is 1.86. The molecule has 2 aromatic heterocycles. The molecule has 2 nitrogen and oxygen atoms in total. The first-order valence-corrected chi connectivity index (χ1v) is 6.34. The Labute approximate surface area is 100 Å². The third-order valence-electron chi connectivity index (χ3n) is 2.70. The lowest BCUT2D eigenvalue weighted by Gasteiger charge is -2.07. The molecule has 0 aromatic carbocycles. The first kappa shape index (κ1) is 11.4. The Kier molecular flexibility index (Phi) is 3.17. The molecule has 16 heavy (non-hydrogen) atoms. The standard InChI is InChI=1S/C13H17NOS/c1-4-10-5-6-11(15-10)12(14)13-8(2)7-9(3)16-13/h5-7,12H,4,14H2,1-3H3. The van der Waals surface area contributed by atoms with Gasteiger partial charge in [0.25, 0.3) is 0 Å². The fourth-order valence-electron chi connectivity index (χ4n) is 1.85. The number of aryl methyl sites for hydroxylation is 3. The van der Waals surface area contributed by atoms with Gasteiger partial charge in [-0.15, -0.1) is 11.3 Å². The van der Waals surface area contributed by atoms with Crippen LogP contribution in [0.4, 0.5) is 0 Å². The van der Waals surface area contributed by atoms with E-state index in [0.29, 0.717) is 0 Å². The second kappa shape index (κ2) is 4.44. The summed E-state index contributed by atoms with van der Waals surface area (Å²) in [5, 5.41) is 0. The van der Waals surface area contributed by atoms with Crippen LogP contribution in [-0.4, -0.2) is 0 Å². The van der Waals surface area contributed by atoms with Gasteiger partial charge in [-0.05, 0) is 37.6 Å². The SMILES string of the molecule is CCc1ccc(C(N)c2sc(C)cc2C)o1. The topological polar surface area (TPSA) is 39.2 Å². The van der Waals surface area contributed by atoms with E-state index in [4.69, 9.17) is 10.2 Å². The fraction of sp³-hybridized carbons (Fsp3) is 0.385. The molecule has 1 atom stereocenters. The zero-order chi connectivity index (χ0) is 11.7. The van der Waals surface area contributed by atoms with Gasteiger partial charge in [-0.1, -0.05) is 6.92 Å². The molecule has 3 heteroatoms. The number of nitrogens with two attached hydrogens (primary N) is 1. The van der Waals surface area contributed by atoms with Crippen molar-refractivity contribution >= 4 is 11.3 Å². The van der Waals surface area contributed by atoms with Gasteiger partial charge in [0, 0.05) is 16.2 Å². The van der Waals surface area contributed by atoms with Gasteiger partial charge < -0.3 is 10.2 Å². The van der Waals surface area contributed by atoms with Crippen LogP contribution in [0.3, 0.4) is 0 Å². The molecule has 86 valence electrons. The van der Waals surface area contributed by atoms with Gasteiger partial charge in [0.1, 0.15) is 11.5 Å². The zero-order valence-corrected chi connectivity index (χ0v) is 10.7. The third kappa shape index (κ3) is 2.06. The van der Waals surface area contributed by atoms with Gasteiger partial charge in [0.05, 0.1) is 6.04 Å². The van der Waals surface area contributed by atoms with E-state index in [9.17, 15) is 0 Å². The molecule has 0 amide bonds. The van der Waals surface area contributed by atoms with Gasteiger partial charge in [-0.25, -0.2) is 0 Å². The number of thiophene rings is 1. The minimum Gasteiger partial charge on any atom is -0.464 e. The lowest BCUT2D eigenvalue weighted by molar-refractivity contribution is 0.455. The summed E-state index contributed by atoms with van der Waals surface area (Å²) in [4.78, 5) is 2.50. The van der Waals surface area contributed by atoms with Crippen molar-refractivity contribution in [3.05, 3.63) is 45.0 Å². The molecule has 0 aliphatic carbocycles. The van der Waals surface area contributed by atoms with Gasteiger partial charge in [0.2, 0.25) is 0 Å². The predicted octanol–water partition coefficient (Wildman–Crippen LogP) is 3.57. The maximum absolute atomic E-state index is 6.22. The Balaban J connectivity index is 2.31. The van der Waals surface area contributed by atoms with Gasteiger partial charge in [-0.3, -0.25) is 0 Å². The molecule has 2 rings (SSSR count). The zero-order valence-electron chi connectivity index (χ0n) is 9.91. The van der Waals surface area contributed by atoms with Crippen molar-refractivity contribution in [2.24, 2.45) is 5.73 Å². The molecule has 2 aromatic rings. The summed E-state index contributed by atoms with van der Waals surface area (Å²) < 4.78 is 5.69. The maximum atomic E-state index is 6.22. The molecule has 0 saturated carbocycles. The summed E-state index contributed by atoms with van der Waals surface area (Å²) in [5.41, 5.74) is 7.47. The summed E-state index contributed by atoms with van der Waals surface area (Å²) in [6.45, 7) is 6.28. The summed E-state index contributed by atoms with van der Waals surface area (Å²) >= 11 is 1.75. The lowest BCUT2D eigenvalue weighted by atomic mass is 10.1. The van der Waals surface area contributed by atoms with E-state index < -0.39 is 0 Å². The van der Waals surface area contributed by atoms with E-state index in [2.05, 4.69) is 26.8 Å². The second-order valence-corrected chi connectivity index (χ2v) is 5.33. The Morgan fingerprint density at radius 2 is 2.12 bits per heavy atom. The number of rotatable bonds is 3. The van der Waals surface area contributed by atoms with Gasteiger partial charge >= 0.3 is 0 Å². The molecule has 1 unspecified atom stereocenters. The van der Waals surface area contributed by atoms with E-state index >= 15 is 0 Å². The summed E-state index contributed by atoms with van der Waals surface area (Å²) in [7, 11) is 0. The average Bonchev–Trinajstić information content (AvgIpc) is 2.84. The minimum absolute atomic E-state index is 0.126. The minimum atomic E-state index is -0.126. The molecule has 0 bridgehead atoms. The largest absolute Gasteiger partial charge is 0.464 e. The Bertz CT molecular complexity index is 484. The molecule has 0 spiro atoms. The first-order chi connectivity index (χ1) is 7.61. The smallest absolute Gasteiger partial charge is 0.126 e. The van der Waals surface area contributed by atoms with E-state index in [1.165, 1.54) is 15.3 Å². The molecular formula is C13H17NOS. The monoisotopic (exact) mass is 235 g/mol.